The van der Waals surface area contributed by atoms with Crippen LogP contribution in [0.4, 0.5) is 0 Å². The van der Waals surface area contributed by atoms with Gasteiger partial charge in [-0.1, -0.05) is 28.1 Å². The molecule has 80 valence electrons. The third kappa shape index (κ3) is 4.51. The van der Waals surface area contributed by atoms with Crippen LogP contribution in [0, 0.1) is 11.8 Å². The van der Waals surface area contributed by atoms with Gasteiger partial charge in [-0.2, -0.15) is 0 Å². The number of hydrogen-bond acceptors (Lipinski definition) is 1. The van der Waals surface area contributed by atoms with E-state index >= 15 is 0 Å². The molecule has 2 heteroatoms. The summed E-state index contributed by atoms with van der Waals surface area (Å²) in [6.07, 6.45) is 1.93. The number of benzene rings is 1. The van der Waals surface area contributed by atoms with Gasteiger partial charge in [-0.05, 0) is 38.1 Å². The largest absolute Gasteiger partial charge is 0.316 e. The van der Waals surface area contributed by atoms with Crippen LogP contribution in [0.25, 0.3) is 0 Å². The smallest absolute Gasteiger partial charge is 0.0246 e. The Morgan fingerprint density at radius 3 is 2.53 bits per heavy atom. The van der Waals surface area contributed by atoms with Crippen molar-refractivity contribution in [2.45, 2.75) is 25.8 Å². The van der Waals surface area contributed by atoms with Crippen LogP contribution in [-0.2, 0) is 6.42 Å². The normalized spacial score (nSPS) is 11.7. The van der Waals surface area contributed by atoms with Crippen molar-refractivity contribution in [2.75, 3.05) is 7.05 Å². The van der Waals surface area contributed by atoms with Crippen molar-refractivity contribution in [1.29, 1.82) is 0 Å². The van der Waals surface area contributed by atoms with E-state index in [4.69, 9.17) is 0 Å². The lowest BCUT2D eigenvalue weighted by Crippen LogP contribution is -2.26. The molecule has 1 rings (SSSR count). The third-order valence-corrected chi connectivity index (χ3v) is 2.86. The number of likely N-dealkylation sites (N-methyl/N-ethyl adjacent to an activating group) is 1. The van der Waals surface area contributed by atoms with E-state index in [2.05, 4.69) is 57.4 Å². The molecule has 0 saturated carbocycles. The first-order chi connectivity index (χ1) is 7.26. The SMILES string of the molecule is CC#CCC(Cc1ccc(Br)cc1)NC. The molecule has 1 nitrogen and oxygen atoms in total. The average molecular weight is 266 g/mol. The van der Waals surface area contributed by atoms with Crippen molar-refractivity contribution in [1.82, 2.24) is 5.32 Å². The first-order valence-electron chi connectivity index (χ1n) is 5.07. The Hall–Kier alpha value is -0.780. The fourth-order valence-electron chi connectivity index (χ4n) is 1.41. The monoisotopic (exact) mass is 265 g/mol. The van der Waals surface area contributed by atoms with E-state index in [1.165, 1.54) is 5.56 Å². The lowest BCUT2D eigenvalue weighted by Gasteiger charge is -2.12. The maximum absolute atomic E-state index is 3.43. The fraction of sp³-hybridized carbons (Fsp3) is 0.385. The average Bonchev–Trinajstić information content (AvgIpc) is 2.27. The molecule has 1 aromatic carbocycles. The molecule has 1 atom stereocenters. The third-order valence-electron chi connectivity index (χ3n) is 2.33. The summed E-state index contributed by atoms with van der Waals surface area (Å²) in [5.74, 6) is 6.04. The van der Waals surface area contributed by atoms with E-state index in [1.807, 2.05) is 14.0 Å². The first-order valence-corrected chi connectivity index (χ1v) is 5.87. The van der Waals surface area contributed by atoms with Crippen LogP contribution < -0.4 is 5.32 Å². The topological polar surface area (TPSA) is 12.0 Å². The molecule has 0 aromatic heterocycles. The molecule has 0 aliphatic heterocycles. The van der Waals surface area contributed by atoms with Gasteiger partial charge in [-0.15, -0.1) is 11.8 Å². The number of rotatable bonds is 4. The number of hydrogen-bond donors (Lipinski definition) is 1. The van der Waals surface area contributed by atoms with Crippen LogP contribution >= 0.6 is 15.9 Å². The molecule has 1 unspecified atom stereocenters. The highest BCUT2D eigenvalue weighted by molar-refractivity contribution is 9.10. The summed E-state index contributed by atoms with van der Waals surface area (Å²) in [5, 5.41) is 3.29. The molecule has 0 heterocycles. The minimum absolute atomic E-state index is 0.443. The van der Waals surface area contributed by atoms with Gasteiger partial charge >= 0.3 is 0 Å². The maximum Gasteiger partial charge on any atom is 0.0246 e. The Labute approximate surface area is 100 Å². The standard InChI is InChI=1S/C13H16BrN/c1-3-4-5-13(15-2)10-11-6-8-12(14)9-7-11/h6-9,13,15H,5,10H2,1-2H3. The first kappa shape index (κ1) is 12.3. The summed E-state index contributed by atoms with van der Waals surface area (Å²) >= 11 is 3.43. The highest BCUT2D eigenvalue weighted by Crippen LogP contribution is 2.12. The van der Waals surface area contributed by atoms with Gasteiger partial charge in [0.2, 0.25) is 0 Å². The summed E-state index contributed by atoms with van der Waals surface area (Å²) in [7, 11) is 1.99. The molecule has 0 bridgehead atoms. The molecule has 0 aliphatic carbocycles. The van der Waals surface area contributed by atoms with Crippen molar-refractivity contribution in [3.63, 3.8) is 0 Å². The minimum Gasteiger partial charge on any atom is -0.316 e. The van der Waals surface area contributed by atoms with Crippen molar-refractivity contribution in [3.05, 3.63) is 34.3 Å². The molecule has 1 N–H and O–H groups in total. The highest BCUT2D eigenvalue weighted by Gasteiger charge is 2.04. The van der Waals surface area contributed by atoms with Crippen LogP contribution in [-0.4, -0.2) is 13.1 Å². The van der Waals surface area contributed by atoms with Crippen molar-refractivity contribution in [3.8, 4) is 11.8 Å². The molecule has 0 radical (unpaired) electrons. The van der Waals surface area contributed by atoms with Crippen molar-refractivity contribution in [2.24, 2.45) is 0 Å². The van der Waals surface area contributed by atoms with Crippen LogP contribution in [0.5, 0.6) is 0 Å². The zero-order valence-electron chi connectivity index (χ0n) is 9.18. The van der Waals surface area contributed by atoms with E-state index < -0.39 is 0 Å². The van der Waals surface area contributed by atoms with Crippen LogP contribution in [0.15, 0.2) is 28.7 Å². The zero-order valence-corrected chi connectivity index (χ0v) is 10.8. The summed E-state index contributed by atoms with van der Waals surface area (Å²) in [5.41, 5.74) is 1.34. The molecule has 0 saturated heterocycles. The Kier molecular flexibility index (Phi) is 5.45. The molecular weight excluding hydrogens is 250 g/mol. The second-order valence-corrected chi connectivity index (χ2v) is 4.36. The molecule has 0 spiro atoms. The van der Waals surface area contributed by atoms with Crippen molar-refractivity contribution < 1.29 is 0 Å². The second kappa shape index (κ2) is 6.66. The number of nitrogens with one attached hydrogen (secondary N) is 1. The molecular formula is C13H16BrN. The molecule has 0 fully saturated rings. The fourth-order valence-corrected chi connectivity index (χ4v) is 1.67. The van der Waals surface area contributed by atoms with Gasteiger partial charge in [0, 0.05) is 16.9 Å². The summed E-state index contributed by atoms with van der Waals surface area (Å²) in [6, 6.07) is 8.89. The van der Waals surface area contributed by atoms with Crippen LogP contribution in [0.1, 0.15) is 18.9 Å². The van der Waals surface area contributed by atoms with Gasteiger partial charge in [0.1, 0.15) is 0 Å². The van der Waals surface area contributed by atoms with E-state index in [0.29, 0.717) is 6.04 Å². The van der Waals surface area contributed by atoms with E-state index in [1.54, 1.807) is 0 Å². The van der Waals surface area contributed by atoms with E-state index in [0.717, 1.165) is 17.3 Å². The summed E-state index contributed by atoms with van der Waals surface area (Å²) in [4.78, 5) is 0. The molecule has 0 amide bonds. The Morgan fingerprint density at radius 1 is 1.33 bits per heavy atom. The Morgan fingerprint density at radius 2 is 2.00 bits per heavy atom. The Balaban J connectivity index is 2.57. The molecule has 0 aliphatic rings. The summed E-state index contributed by atoms with van der Waals surface area (Å²) in [6.45, 7) is 1.88. The van der Waals surface area contributed by atoms with Gasteiger partial charge in [0.05, 0.1) is 0 Å². The van der Waals surface area contributed by atoms with Gasteiger partial charge < -0.3 is 5.32 Å². The predicted molar refractivity (Wildman–Crippen MR) is 68.8 cm³/mol. The van der Waals surface area contributed by atoms with Crippen LogP contribution in [0.3, 0.4) is 0 Å². The minimum atomic E-state index is 0.443. The molecule has 15 heavy (non-hydrogen) atoms. The van der Waals surface area contributed by atoms with Gasteiger partial charge in [-0.3, -0.25) is 0 Å². The Bertz CT molecular complexity index is 345. The van der Waals surface area contributed by atoms with Crippen LogP contribution in [0.2, 0.25) is 0 Å². The van der Waals surface area contributed by atoms with Crippen molar-refractivity contribution >= 4 is 15.9 Å². The quantitative estimate of drug-likeness (QED) is 0.826. The molecule has 1 aromatic rings. The highest BCUT2D eigenvalue weighted by atomic mass is 79.9. The second-order valence-electron chi connectivity index (χ2n) is 3.45. The van der Waals surface area contributed by atoms with E-state index in [-0.39, 0.29) is 0 Å². The van der Waals surface area contributed by atoms with Gasteiger partial charge in [-0.25, -0.2) is 0 Å². The van der Waals surface area contributed by atoms with E-state index in [9.17, 15) is 0 Å². The maximum atomic E-state index is 3.43. The lowest BCUT2D eigenvalue weighted by atomic mass is 10.0. The predicted octanol–water partition coefficient (Wildman–Crippen LogP) is 2.99. The van der Waals surface area contributed by atoms with Gasteiger partial charge in [0.25, 0.3) is 0 Å². The van der Waals surface area contributed by atoms with Gasteiger partial charge in [0.15, 0.2) is 0 Å². The zero-order chi connectivity index (χ0) is 11.1. The number of halogens is 1. The lowest BCUT2D eigenvalue weighted by molar-refractivity contribution is 0.573. The summed E-state index contributed by atoms with van der Waals surface area (Å²) < 4.78 is 1.13.